The summed E-state index contributed by atoms with van der Waals surface area (Å²) in [5.74, 6) is -0.374. The normalized spacial score (nSPS) is 21.3. The van der Waals surface area contributed by atoms with Crippen LogP contribution in [0.1, 0.15) is 56.8 Å². The predicted molar refractivity (Wildman–Crippen MR) is 109 cm³/mol. The smallest absolute Gasteiger partial charge is 0.260 e. The SMILES string of the molecule is Cc1cccc(-c2nc(C(C)C)no2)c1NC(=O)CN1C(=O)C2CCCCC2C1=O. The van der Waals surface area contributed by atoms with Crippen molar-refractivity contribution in [1.29, 1.82) is 0 Å². The molecule has 8 nitrogen and oxygen atoms in total. The maximum absolute atomic E-state index is 12.8. The first kappa shape index (κ1) is 20.3. The number of nitrogens with one attached hydrogen (secondary N) is 1. The van der Waals surface area contributed by atoms with Crippen LogP contribution in [0.4, 0.5) is 5.69 Å². The number of likely N-dealkylation sites (tertiary alicyclic amines) is 1. The number of nitrogens with zero attached hydrogens (tertiary/aromatic N) is 3. The molecule has 1 N–H and O–H groups in total. The molecule has 0 bridgehead atoms. The molecule has 0 radical (unpaired) electrons. The Balaban J connectivity index is 1.54. The highest BCUT2D eigenvalue weighted by Crippen LogP contribution is 2.38. The van der Waals surface area contributed by atoms with Crippen LogP contribution in [-0.4, -0.2) is 39.3 Å². The van der Waals surface area contributed by atoms with Gasteiger partial charge in [0.2, 0.25) is 17.7 Å². The predicted octanol–water partition coefficient (Wildman–Crippen LogP) is 3.28. The second-order valence-corrected chi connectivity index (χ2v) is 8.42. The van der Waals surface area contributed by atoms with Crippen molar-refractivity contribution in [1.82, 2.24) is 15.0 Å². The zero-order valence-electron chi connectivity index (χ0n) is 17.5. The maximum atomic E-state index is 12.8. The molecule has 1 aliphatic carbocycles. The van der Waals surface area contributed by atoms with Crippen molar-refractivity contribution >= 4 is 23.4 Å². The van der Waals surface area contributed by atoms with Gasteiger partial charge in [0, 0.05) is 5.92 Å². The Morgan fingerprint density at radius 1 is 1.20 bits per heavy atom. The summed E-state index contributed by atoms with van der Waals surface area (Å²) in [6.45, 7) is 5.52. The van der Waals surface area contributed by atoms with Crippen LogP contribution in [-0.2, 0) is 14.4 Å². The number of carbonyl (C=O) groups is 3. The lowest BCUT2D eigenvalue weighted by Crippen LogP contribution is -2.38. The Bertz CT molecular complexity index is 973. The second kappa shape index (κ2) is 8.01. The number of hydrogen-bond acceptors (Lipinski definition) is 6. The van der Waals surface area contributed by atoms with Crippen LogP contribution in [0.3, 0.4) is 0 Å². The van der Waals surface area contributed by atoms with Crippen molar-refractivity contribution in [2.75, 3.05) is 11.9 Å². The third kappa shape index (κ3) is 3.62. The molecular formula is C22H26N4O4. The summed E-state index contributed by atoms with van der Waals surface area (Å²) in [5.41, 5.74) is 1.96. The van der Waals surface area contributed by atoms with Gasteiger partial charge in [-0.05, 0) is 31.4 Å². The molecule has 0 spiro atoms. The average Bonchev–Trinajstić information content (AvgIpc) is 3.30. The van der Waals surface area contributed by atoms with Crippen molar-refractivity contribution in [3.63, 3.8) is 0 Å². The van der Waals surface area contributed by atoms with Gasteiger partial charge < -0.3 is 9.84 Å². The first-order chi connectivity index (χ1) is 14.4. The summed E-state index contributed by atoms with van der Waals surface area (Å²) in [5, 5.41) is 6.84. The molecule has 2 aromatic rings. The lowest BCUT2D eigenvalue weighted by Gasteiger charge is -2.19. The molecular weight excluding hydrogens is 384 g/mol. The van der Waals surface area contributed by atoms with Crippen LogP contribution in [0.2, 0.25) is 0 Å². The maximum Gasteiger partial charge on any atom is 0.260 e. The summed E-state index contributed by atoms with van der Waals surface area (Å²) >= 11 is 0. The standard InChI is InChI=1S/C22H26N4O4/c1-12(2)19-24-20(30-25-19)16-10-6-7-13(3)18(16)23-17(27)11-26-21(28)14-8-4-5-9-15(14)22(26)29/h6-7,10,12,14-15H,4-5,8-9,11H2,1-3H3,(H,23,27). The van der Waals surface area contributed by atoms with E-state index in [9.17, 15) is 14.4 Å². The zero-order chi connectivity index (χ0) is 21.4. The van der Waals surface area contributed by atoms with Crippen molar-refractivity contribution < 1.29 is 18.9 Å². The molecule has 30 heavy (non-hydrogen) atoms. The summed E-state index contributed by atoms with van der Waals surface area (Å²) in [6, 6.07) is 5.50. The number of anilines is 1. The number of aromatic nitrogens is 2. The van der Waals surface area contributed by atoms with Gasteiger partial charge in [0.05, 0.1) is 23.1 Å². The number of fused-ring (bicyclic) bond motifs is 1. The molecule has 2 aliphatic rings. The summed E-state index contributed by atoms with van der Waals surface area (Å²) in [6.07, 6.45) is 3.36. The third-order valence-electron chi connectivity index (χ3n) is 5.96. The highest BCUT2D eigenvalue weighted by Gasteiger charge is 2.48. The van der Waals surface area contributed by atoms with Crippen LogP contribution in [0.5, 0.6) is 0 Å². The average molecular weight is 410 g/mol. The topological polar surface area (TPSA) is 105 Å². The van der Waals surface area contributed by atoms with E-state index in [0.29, 0.717) is 23.0 Å². The Morgan fingerprint density at radius 2 is 1.87 bits per heavy atom. The minimum atomic E-state index is -0.422. The molecule has 158 valence electrons. The lowest BCUT2D eigenvalue weighted by atomic mass is 9.81. The minimum absolute atomic E-state index is 0.112. The van der Waals surface area contributed by atoms with Gasteiger partial charge in [0.25, 0.3) is 5.89 Å². The number of amides is 3. The Kier molecular flexibility index (Phi) is 5.40. The number of imide groups is 1. The Hall–Kier alpha value is -3.03. The van der Waals surface area contributed by atoms with Gasteiger partial charge in [-0.2, -0.15) is 4.98 Å². The van der Waals surface area contributed by atoms with E-state index in [0.717, 1.165) is 36.1 Å². The van der Waals surface area contributed by atoms with Gasteiger partial charge in [0.1, 0.15) is 6.54 Å². The van der Waals surface area contributed by atoms with Gasteiger partial charge >= 0.3 is 0 Å². The number of hydrogen-bond donors (Lipinski definition) is 1. The number of carbonyl (C=O) groups excluding carboxylic acids is 3. The van der Waals surface area contributed by atoms with E-state index in [1.807, 2.05) is 32.9 Å². The molecule has 1 aliphatic heterocycles. The van der Waals surface area contributed by atoms with Crippen LogP contribution in [0.25, 0.3) is 11.5 Å². The van der Waals surface area contributed by atoms with E-state index < -0.39 is 5.91 Å². The van der Waals surface area contributed by atoms with Gasteiger partial charge in [0.15, 0.2) is 5.82 Å². The van der Waals surface area contributed by atoms with Gasteiger partial charge in [-0.3, -0.25) is 19.3 Å². The number of rotatable bonds is 5. The molecule has 2 atom stereocenters. The second-order valence-electron chi connectivity index (χ2n) is 8.42. The van der Waals surface area contributed by atoms with Crippen molar-refractivity contribution in [2.45, 2.75) is 52.4 Å². The summed E-state index contributed by atoms with van der Waals surface area (Å²) in [7, 11) is 0. The minimum Gasteiger partial charge on any atom is -0.334 e. The first-order valence-corrected chi connectivity index (χ1v) is 10.5. The van der Waals surface area contributed by atoms with E-state index in [-0.39, 0.29) is 36.1 Å². The van der Waals surface area contributed by atoms with Crippen LogP contribution < -0.4 is 5.32 Å². The van der Waals surface area contributed by atoms with E-state index in [1.54, 1.807) is 6.07 Å². The largest absolute Gasteiger partial charge is 0.334 e. The molecule has 1 saturated carbocycles. The number of para-hydroxylation sites is 1. The highest BCUT2D eigenvalue weighted by molar-refractivity contribution is 6.09. The molecule has 1 saturated heterocycles. The van der Waals surface area contributed by atoms with E-state index in [1.165, 1.54) is 0 Å². The van der Waals surface area contributed by atoms with Crippen LogP contribution >= 0.6 is 0 Å². The highest BCUT2D eigenvalue weighted by atomic mass is 16.5. The molecule has 2 heterocycles. The molecule has 1 aromatic carbocycles. The van der Waals surface area contributed by atoms with E-state index in [4.69, 9.17) is 4.52 Å². The quantitative estimate of drug-likeness (QED) is 0.759. The molecule has 2 fully saturated rings. The van der Waals surface area contributed by atoms with Crippen molar-refractivity contribution in [2.24, 2.45) is 11.8 Å². The summed E-state index contributed by atoms with van der Waals surface area (Å²) < 4.78 is 5.39. The van der Waals surface area contributed by atoms with Gasteiger partial charge in [-0.1, -0.05) is 44.0 Å². The van der Waals surface area contributed by atoms with Crippen LogP contribution in [0.15, 0.2) is 22.7 Å². The monoisotopic (exact) mass is 410 g/mol. The lowest BCUT2D eigenvalue weighted by molar-refractivity contribution is -0.142. The molecule has 2 unspecified atom stereocenters. The number of aryl methyl sites for hydroxylation is 1. The Morgan fingerprint density at radius 3 is 2.47 bits per heavy atom. The zero-order valence-corrected chi connectivity index (χ0v) is 17.5. The van der Waals surface area contributed by atoms with Gasteiger partial charge in [-0.25, -0.2) is 0 Å². The fourth-order valence-electron chi connectivity index (χ4n) is 4.30. The molecule has 4 rings (SSSR count). The Labute approximate surface area is 175 Å². The van der Waals surface area contributed by atoms with E-state index >= 15 is 0 Å². The van der Waals surface area contributed by atoms with Gasteiger partial charge in [-0.15, -0.1) is 0 Å². The third-order valence-corrected chi connectivity index (χ3v) is 5.96. The number of benzene rings is 1. The van der Waals surface area contributed by atoms with Crippen LogP contribution in [0, 0.1) is 18.8 Å². The van der Waals surface area contributed by atoms with Crippen molar-refractivity contribution in [3.8, 4) is 11.5 Å². The van der Waals surface area contributed by atoms with Crippen molar-refractivity contribution in [3.05, 3.63) is 29.6 Å². The van der Waals surface area contributed by atoms with E-state index in [2.05, 4.69) is 15.5 Å². The molecule has 8 heteroatoms. The first-order valence-electron chi connectivity index (χ1n) is 10.5. The summed E-state index contributed by atoms with van der Waals surface area (Å²) in [4.78, 5) is 43.6. The fourth-order valence-corrected chi connectivity index (χ4v) is 4.30. The fraction of sp³-hybridized carbons (Fsp3) is 0.500. The molecule has 3 amide bonds. The molecule has 1 aromatic heterocycles.